The molecule has 2 aromatic carbocycles. The number of sulfonamides is 1. The third-order valence-corrected chi connectivity index (χ3v) is 7.27. The maximum Gasteiger partial charge on any atom is 0.416 e. The minimum atomic E-state index is -4.57. The van der Waals surface area contributed by atoms with Crippen molar-refractivity contribution in [3.63, 3.8) is 0 Å². The first kappa shape index (κ1) is 23.4. The molecule has 0 radical (unpaired) electrons. The van der Waals surface area contributed by atoms with Gasteiger partial charge in [0.15, 0.2) is 0 Å². The first-order chi connectivity index (χ1) is 14.4. The highest BCUT2D eigenvalue weighted by Crippen LogP contribution is 2.37. The van der Waals surface area contributed by atoms with Crippen LogP contribution in [0.2, 0.25) is 5.02 Å². The Balaban J connectivity index is 1.99. The average molecular weight is 476 g/mol. The fourth-order valence-electron chi connectivity index (χ4n) is 3.28. The molecule has 1 amide bonds. The highest BCUT2D eigenvalue weighted by molar-refractivity contribution is 7.89. The summed E-state index contributed by atoms with van der Waals surface area (Å²) < 4.78 is 65.5. The zero-order valence-electron chi connectivity index (χ0n) is 16.8. The first-order valence-corrected chi connectivity index (χ1v) is 11.2. The number of rotatable bonds is 5. The Morgan fingerprint density at radius 1 is 1.10 bits per heavy atom. The van der Waals surface area contributed by atoms with Gasteiger partial charge in [0.05, 0.1) is 22.0 Å². The Morgan fingerprint density at radius 3 is 2.32 bits per heavy atom. The van der Waals surface area contributed by atoms with Gasteiger partial charge in [-0.2, -0.15) is 13.2 Å². The fraction of sp³-hybridized carbons (Fsp3) is 0.350. The van der Waals surface area contributed by atoms with Crippen LogP contribution >= 0.6 is 11.6 Å². The highest BCUT2D eigenvalue weighted by Gasteiger charge is 2.32. The van der Waals surface area contributed by atoms with Crippen molar-refractivity contribution in [2.45, 2.75) is 23.9 Å². The lowest BCUT2D eigenvalue weighted by atomic mass is 10.1. The van der Waals surface area contributed by atoms with Crippen LogP contribution in [0.5, 0.6) is 0 Å². The molecule has 0 spiro atoms. The molecule has 168 valence electrons. The van der Waals surface area contributed by atoms with Gasteiger partial charge in [-0.15, -0.1) is 0 Å². The lowest BCUT2D eigenvalue weighted by Gasteiger charge is -2.23. The summed E-state index contributed by atoms with van der Waals surface area (Å²) in [6.07, 6.45) is -2.77. The number of amides is 1. The van der Waals surface area contributed by atoms with E-state index in [4.69, 9.17) is 11.6 Å². The molecule has 0 bridgehead atoms. The van der Waals surface area contributed by atoms with Crippen molar-refractivity contribution in [3.8, 4) is 0 Å². The Morgan fingerprint density at radius 2 is 1.74 bits per heavy atom. The minimum absolute atomic E-state index is 0.00805. The summed E-state index contributed by atoms with van der Waals surface area (Å²) in [4.78, 5) is 14.5. The minimum Gasteiger partial charge on any atom is -0.370 e. The number of nitrogens with zero attached hydrogens (tertiary/aromatic N) is 2. The van der Waals surface area contributed by atoms with Crippen molar-refractivity contribution in [1.29, 1.82) is 0 Å². The summed E-state index contributed by atoms with van der Waals surface area (Å²) in [6, 6.07) is 6.89. The van der Waals surface area contributed by atoms with Gasteiger partial charge >= 0.3 is 6.18 Å². The van der Waals surface area contributed by atoms with Crippen LogP contribution in [0.4, 0.5) is 24.5 Å². The van der Waals surface area contributed by atoms with E-state index >= 15 is 0 Å². The van der Waals surface area contributed by atoms with Crippen LogP contribution in [-0.4, -0.2) is 45.8 Å². The maximum absolute atomic E-state index is 13.2. The van der Waals surface area contributed by atoms with E-state index < -0.39 is 27.7 Å². The van der Waals surface area contributed by atoms with Crippen LogP contribution in [0.25, 0.3) is 0 Å². The SMILES string of the molecule is CN(C)S(=O)(=O)c1cc(C(=O)Nc2cc(C(F)(F)F)ccc2N2CCCC2)ccc1Cl. The molecule has 1 saturated heterocycles. The van der Waals surface area contributed by atoms with Gasteiger partial charge < -0.3 is 10.2 Å². The number of alkyl halides is 3. The smallest absolute Gasteiger partial charge is 0.370 e. The topological polar surface area (TPSA) is 69.7 Å². The number of benzene rings is 2. The van der Waals surface area contributed by atoms with E-state index in [9.17, 15) is 26.4 Å². The molecule has 1 aliphatic heterocycles. The van der Waals surface area contributed by atoms with E-state index in [1.165, 1.54) is 32.3 Å². The number of carbonyl (C=O) groups is 1. The van der Waals surface area contributed by atoms with Gasteiger partial charge in [-0.25, -0.2) is 12.7 Å². The number of hydrogen-bond donors (Lipinski definition) is 1. The summed E-state index contributed by atoms with van der Waals surface area (Å²) in [6.45, 7) is 1.33. The van der Waals surface area contributed by atoms with Crippen molar-refractivity contribution < 1.29 is 26.4 Å². The number of nitrogens with one attached hydrogen (secondary N) is 1. The summed E-state index contributed by atoms with van der Waals surface area (Å²) >= 11 is 6.00. The highest BCUT2D eigenvalue weighted by atomic mass is 35.5. The zero-order valence-corrected chi connectivity index (χ0v) is 18.4. The molecule has 1 aliphatic rings. The number of halogens is 4. The molecule has 3 rings (SSSR count). The molecule has 11 heteroatoms. The van der Waals surface area contributed by atoms with Gasteiger partial charge in [0.2, 0.25) is 10.0 Å². The number of hydrogen-bond acceptors (Lipinski definition) is 4. The molecule has 6 nitrogen and oxygen atoms in total. The van der Waals surface area contributed by atoms with Gasteiger partial charge in [0, 0.05) is 32.7 Å². The second-order valence-corrected chi connectivity index (χ2v) is 9.84. The molecule has 1 heterocycles. The van der Waals surface area contributed by atoms with Crippen molar-refractivity contribution in [2.24, 2.45) is 0 Å². The maximum atomic E-state index is 13.2. The Hall–Kier alpha value is -2.30. The first-order valence-electron chi connectivity index (χ1n) is 9.41. The van der Waals surface area contributed by atoms with Crippen LogP contribution in [0, 0.1) is 0 Å². The van der Waals surface area contributed by atoms with Crippen LogP contribution < -0.4 is 10.2 Å². The Labute approximate surface area is 183 Å². The van der Waals surface area contributed by atoms with Crippen LogP contribution in [0.15, 0.2) is 41.3 Å². The summed E-state index contributed by atoms with van der Waals surface area (Å²) in [5.41, 5.74) is -0.449. The molecule has 2 aromatic rings. The molecule has 0 aliphatic carbocycles. The second kappa shape index (κ2) is 8.68. The van der Waals surface area contributed by atoms with Gasteiger partial charge in [-0.1, -0.05) is 11.6 Å². The van der Waals surface area contributed by atoms with Crippen LogP contribution in [0.3, 0.4) is 0 Å². The largest absolute Gasteiger partial charge is 0.416 e. The van der Waals surface area contributed by atoms with Gasteiger partial charge in [-0.05, 0) is 49.2 Å². The van der Waals surface area contributed by atoms with E-state index in [1.54, 1.807) is 0 Å². The lowest BCUT2D eigenvalue weighted by Crippen LogP contribution is -2.24. The molecular weight excluding hydrogens is 455 g/mol. The number of carbonyl (C=O) groups excluding carboxylic acids is 1. The van der Waals surface area contributed by atoms with E-state index in [0.717, 1.165) is 35.3 Å². The van der Waals surface area contributed by atoms with Crippen molar-refractivity contribution in [1.82, 2.24) is 4.31 Å². The molecule has 1 fully saturated rings. The van der Waals surface area contributed by atoms with Gasteiger partial charge in [-0.3, -0.25) is 4.79 Å². The normalized spacial score (nSPS) is 14.9. The van der Waals surface area contributed by atoms with Crippen LogP contribution in [0.1, 0.15) is 28.8 Å². The number of anilines is 2. The van der Waals surface area contributed by atoms with Crippen LogP contribution in [-0.2, 0) is 16.2 Å². The third kappa shape index (κ3) is 4.97. The van der Waals surface area contributed by atoms with Gasteiger partial charge in [0.25, 0.3) is 5.91 Å². The molecule has 31 heavy (non-hydrogen) atoms. The van der Waals surface area contributed by atoms with E-state index in [0.29, 0.717) is 18.8 Å². The van der Waals surface area contributed by atoms with E-state index in [2.05, 4.69) is 5.32 Å². The molecule has 0 aromatic heterocycles. The van der Waals surface area contributed by atoms with Crippen molar-refractivity contribution in [3.05, 3.63) is 52.5 Å². The molecular formula is C20H21ClF3N3O3S. The standard InChI is InChI=1S/C20H21ClF3N3O3S/c1-26(2)31(29,30)18-11-13(5-7-15(18)21)19(28)25-16-12-14(20(22,23)24)6-8-17(16)27-9-3-4-10-27/h5-8,11-12H,3-4,9-10H2,1-2H3,(H,25,28). The predicted molar refractivity (Wildman–Crippen MR) is 113 cm³/mol. The fourth-order valence-corrected chi connectivity index (χ4v) is 4.67. The van der Waals surface area contributed by atoms with E-state index in [1.807, 2.05) is 4.90 Å². The monoisotopic (exact) mass is 475 g/mol. The summed E-state index contributed by atoms with van der Waals surface area (Å²) in [7, 11) is -1.27. The second-order valence-electron chi connectivity index (χ2n) is 7.31. The lowest BCUT2D eigenvalue weighted by molar-refractivity contribution is -0.137. The Bertz CT molecular complexity index is 1100. The molecule has 0 atom stereocenters. The third-order valence-electron chi connectivity index (χ3n) is 4.97. The summed E-state index contributed by atoms with van der Waals surface area (Å²) in [5.74, 6) is -0.744. The Kier molecular flexibility index (Phi) is 6.54. The average Bonchev–Trinajstić information content (AvgIpc) is 3.21. The van der Waals surface area contributed by atoms with Crippen molar-refractivity contribution >= 4 is 38.9 Å². The molecule has 0 saturated carbocycles. The van der Waals surface area contributed by atoms with E-state index in [-0.39, 0.29) is 21.2 Å². The predicted octanol–water partition coefficient (Wildman–Crippen LogP) is 4.46. The molecule has 0 unspecified atom stereocenters. The summed E-state index contributed by atoms with van der Waals surface area (Å²) in [5, 5.41) is 2.44. The zero-order chi connectivity index (χ0) is 23.0. The van der Waals surface area contributed by atoms with Crippen molar-refractivity contribution in [2.75, 3.05) is 37.4 Å². The molecule has 1 N–H and O–H groups in total. The van der Waals surface area contributed by atoms with Gasteiger partial charge in [0.1, 0.15) is 4.90 Å². The quantitative estimate of drug-likeness (QED) is 0.693.